The monoisotopic (exact) mass is 243 g/mol. The highest BCUT2D eigenvalue weighted by Crippen LogP contribution is 2.14. The van der Waals surface area contributed by atoms with E-state index in [0.717, 1.165) is 25.8 Å². The molecule has 2 unspecified atom stereocenters. The molecule has 0 radical (unpaired) electrons. The van der Waals surface area contributed by atoms with Crippen LogP contribution in [0, 0.1) is 0 Å². The Hall–Kier alpha value is -1.14. The smallest absolute Gasteiger partial charge is 0.304 e. The first kappa shape index (κ1) is 13.9. The van der Waals surface area contributed by atoms with Crippen LogP contribution in [0.15, 0.2) is 0 Å². The van der Waals surface area contributed by atoms with Crippen LogP contribution in [0.2, 0.25) is 0 Å². The zero-order valence-corrected chi connectivity index (χ0v) is 10.2. The summed E-state index contributed by atoms with van der Waals surface area (Å²) in [5.41, 5.74) is 5.22. The quantitative estimate of drug-likeness (QED) is 0.554. The van der Waals surface area contributed by atoms with Gasteiger partial charge in [-0.1, -0.05) is 0 Å². The third-order valence-corrected chi connectivity index (χ3v) is 3.15. The summed E-state index contributed by atoms with van der Waals surface area (Å²) in [5, 5.41) is 11.7. The molecule has 1 fully saturated rings. The van der Waals surface area contributed by atoms with E-state index >= 15 is 0 Å². The molecule has 1 aliphatic heterocycles. The fourth-order valence-corrected chi connectivity index (χ4v) is 2.05. The fraction of sp³-hybridized carbons (Fsp3) is 0.818. The summed E-state index contributed by atoms with van der Waals surface area (Å²) < 4.78 is 0. The molecule has 1 rings (SSSR count). The third kappa shape index (κ3) is 5.14. The highest BCUT2D eigenvalue weighted by atomic mass is 16.4. The third-order valence-electron chi connectivity index (χ3n) is 3.15. The Kier molecular flexibility index (Phi) is 5.37. The van der Waals surface area contributed by atoms with Crippen LogP contribution in [0.1, 0.15) is 25.7 Å². The summed E-state index contributed by atoms with van der Waals surface area (Å²) in [5.74, 6) is -1.06. The standard InChI is InChI=1S/C11H21N3O3/c1-14(7-5-10(15)16)6-4-8-2-3-9(13-8)11(12)17/h8-9,13H,2-7H2,1H3,(H2,12,17)(H,15,16). The number of nitrogens with one attached hydrogen (secondary N) is 1. The predicted molar refractivity (Wildman–Crippen MR) is 63.5 cm³/mol. The molecule has 0 aromatic rings. The Morgan fingerprint density at radius 1 is 1.41 bits per heavy atom. The zero-order valence-electron chi connectivity index (χ0n) is 10.2. The molecular formula is C11H21N3O3. The van der Waals surface area contributed by atoms with Crippen LogP contribution in [-0.2, 0) is 9.59 Å². The van der Waals surface area contributed by atoms with Crippen molar-refractivity contribution in [3.8, 4) is 0 Å². The van der Waals surface area contributed by atoms with Crippen LogP contribution in [0.25, 0.3) is 0 Å². The molecule has 0 aromatic heterocycles. The number of hydrogen-bond acceptors (Lipinski definition) is 4. The number of carbonyl (C=O) groups excluding carboxylic acids is 1. The lowest BCUT2D eigenvalue weighted by Gasteiger charge is -2.18. The lowest BCUT2D eigenvalue weighted by molar-refractivity contribution is -0.137. The van der Waals surface area contributed by atoms with Gasteiger partial charge >= 0.3 is 5.97 Å². The summed E-state index contributed by atoms with van der Waals surface area (Å²) in [6.45, 7) is 1.39. The SMILES string of the molecule is CN(CCC(=O)O)CCC1CCC(C(N)=O)N1. The molecular weight excluding hydrogens is 222 g/mol. The molecule has 17 heavy (non-hydrogen) atoms. The van der Waals surface area contributed by atoms with Gasteiger partial charge in [0.1, 0.15) is 0 Å². The number of amides is 1. The molecule has 1 aliphatic rings. The van der Waals surface area contributed by atoms with E-state index in [9.17, 15) is 9.59 Å². The summed E-state index contributed by atoms with van der Waals surface area (Å²) in [6.07, 6.45) is 2.84. The van der Waals surface area contributed by atoms with Crippen LogP contribution >= 0.6 is 0 Å². The molecule has 4 N–H and O–H groups in total. The number of carboxylic acid groups (broad SMARTS) is 1. The molecule has 0 saturated carbocycles. The van der Waals surface area contributed by atoms with Crippen molar-refractivity contribution < 1.29 is 14.7 Å². The first-order valence-corrected chi connectivity index (χ1v) is 5.94. The number of nitrogens with zero attached hydrogens (tertiary/aromatic N) is 1. The van der Waals surface area contributed by atoms with E-state index in [2.05, 4.69) is 5.32 Å². The molecule has 0 aliphatic carbocycles. The zero-order chi connectivity index (χ0) is 12.8. The van der Waals surface area contributed by atoms with Crippen LogP contribution in [0.5, 0.6) is 0 Å². The van der Waals surface area contributed by atoms with Crippen molar-refractivity contribution in [3.63, 3.8) is 0 Å². The normalized spacial score (nSPS) is 24.1. The van der Waals surface area contributed by atoms with E-state index in [-0.39, 0.29) is 18.4 Å². The molecule has 6 heteroatoms. The van der Waals surface area contributed by atoms with E-state index in [0.29, 0.717) is 12.6 Å². The molecule has 1 saturated heterocycles. The Bertz CT molecular complexity index is 283. The summed E-state index contributed by atoms with van der Waals surface area (Å²) >= 11 is 0. The van der Waals surface area contributed by atoms with Crippen molar-refractivity contribution in [1.29, 1.82) is 0 Å². The second-order valence-electron chi connectivity index (χ2n) is 4.63. The van der Waals surface area contributed by atoms with Crippen molar-refractivity contribution >= 4 is 11.9 Å². The van der Waals surface area contributed by atoms with E-state index in [1.807, 2.05) is 11.9 Å². The van der Waals surface area contributed by atoms with Gasteiger partial charge in [-0.25, -0.2) is 0 Å². The molecule has 1 amide bonds. The highest BCUT2D eigenvalue weighted by molar-refractivity contribution is 5.80. The lowest BCUT2D eigenvalue weighted by Crippen LogP contribution is -2.40. The van der Waals surface area contributed by atoms with E-state index in [1.165, 1.54) is 0 Å². The number of nitrogens with two attached hydrogens (primary N) is 1. The van der Waals surface area contributed by atoms with Gasteiger partial charge in [-0.05, 0) is 32.9 Å². The van der Waals surface area contributed by atoms with Gasteiger partial charge < -0.3 is 21.1 Å². The van der Waals surface area contributed by atoms with Crippen LogP contribution in [0.3, 0.4) is 0 Å². The van der Waals surface area contributed by atoms with Crippen molar-refractivity contribution in [1.82, 2.24) is 10.2 Å². The fourth-order valence-electron chi connectivity index (χ4n) is 2.05. The Balaban J connectivity index is 2.14. The molecule has 0 spiro atoms. The van der Waals surface area contributed by atoms with E-state index in [1.54, 1.807) is 0 Å². The average molecular weight is 243 g/mol. The van der Waals surface area contributed by atoms with Gasteiger partial charge in [0.05, 0.1) is 12.5 Å². The first-order valence-electron chi connectivity index (χ1n) is 5.94. The number of primary amides is 1. The van der Waals surface area contributed by atoms with E-state index < -0.39 is 5.97 Å². The summed E-state index contributed by atoms with van der Waals surface area (Å²) in [6, 6.07) is 0.129. The topological polar surface area (TPSA) is 95.7 Å². The first-order chi connectivity index (χ1) is 7.99. The van der Waals surface area contributed by atoms with Crippen molar-refractivity contribution in [2.45, 2.75) is 37.8 Å². The number of aliphatic carboxylic acids is 1. The maximum Gasteiger partial charge on any atom is 0.304 e. The second kappa shape index (κ2) is 6.56. The minimum atomic E-state index is -0.773. The van der Waals surface area contributed by atoms with Gasteiger partial charge in [0.2, 0.25) is 5.91 Å². The largest absolute Gasteiger partial charge is 0.481 e. The van der Waals surface area contributed by atoms with Gasteiger partial charge in [0, 0.05) is 12.6 Å². The average Bonchev–Trinajstić information content (AvgIpc) is 2.72. The van der Waals surface area contributed by atoms with Crippen molar-refractivity contribution in [3.05, 3.63) is 0 Å². The van der Waals surface area contributed by atoms with Gasteiger partial charge in [0.25, 0.3) is 0 Å². The molecule has 0 aromatic carbocycles. The lowest BCUT2D eigenvalue weighted by atomic mass is 10.1. The van der Waals surface area contributed by atoms with Crippen LogP contribution in [0.4, 0.5) is 0 Å². The Morgan fingerprint density at radius 3 is 2.65 bits per heavy atom. The van der Waals surface area contributed by atoms with Gasteiger partial charge in [0.15, 0.2) is 0 Å². The molecule has 98 valence electrons. The molecule has 0 bridgehead atoms. The highest BCUT2D eigenvalue weighted by Gasteiger charge is 2.27. The minimum Gasteiger partial charge on any atom is -0.481 e. The van der Waals surface area contributed by atoms with E-state index in [4.69, 9.17) is 10.8 Å². The van der Waals surface area contributed by atoms with Gasteiger partial charge in [-0.2, -0.15) is 0 Å². The maximum atomic E-state index is 10.9. The maximum absolute atomic E-state index is 10.9. The molecule has 1 heterocycles. The summed E-state index contributed by atoms with van der Waals surface area (Å²) in [7, 11) is 1.91. The molecule has 6 nitrogen and oxygen atoms in total. The minimum absolute atomic E-state index is 0.165. The van der Waals surface area contributed by atoms with Crippen LogP contribution in [-0.4, -0.2) is 54.1 Å². The van der Waals surface area contributed by atoms with Crippen molar-refractivity contribution in [2.24, 2.45) is 5.73 Å². The Labute approximate surface area is 101 Å². The number of hydrogen-bond donors (Lipinski definition) is 3. The summed E-state index contributed by atoms with van der Waals surface area (Å²) in [4.78, 5) is 23.3. The molecule has 2 atom stereocenters. The van der Waals surface area contributed by atoms with Crippen molar-refractivity contribution in [2.75, 3.05) is 20.1 Å². The number of carboxylic acids is 1. The van der Waals surface area contributed by atoms with Crippen LogP contribution < -0.4 is 11.1 Å². The second-order valence-corrected chi connectivity index (χ2v) is 4.63. The number of carbonyl (C=O) groups is 2. The van der Waals surface area contributed by atoms with Gasteiger partial charge in [-0.15, -0.1) is 0 Å². The predicted octanol–water partition coefficient (Wildman–Crippen LogP) is -0.611. The Morgan fingerprint density at radius 2 is 2.12 bits per heavy atom. The van der Waals surface area contributed by atoms with Gasteiger partial charge in [-0.3, -0.25) is 9.59 Å². The number of rotatable bonds is 7.